The molecule has 0 spiro atoms. The summed E-state index contributed by atoms with van der Waals surface area (Å²) in [6, 6.07) is 10.7. The number of rotatable bonds is 12. The van der Waals surface area contributed by atoms with Crippen LogP contribution in [0.3, 0.4) is 0 Å². The van der Waals surface area contributed by atoms with Gasteiger partial charge < -0.3 is 20.3 Å². The zero-order valence-electron chi connectivity index (χ0n) is 19.8. The van der Waals surface area contributed by atoms with Crippen molar-refractivity contribution in [2.45, 2.75) is 64.7 Å². The van der Waals surface area contributed by atoms with Crippen LogP contribution in [-0.2, 0) is 16.6 Å². The van der Waals surface area contributed by atoms with E-state index < -0.39 is 0 Å². The first-order chi connectivity index (χ1) is 15.3. The summed E-state index contributed by atoms with van der Waals surface area (Å²) in [7, 11) is 1.70. The van der Waals surface area contributed by atoms with Gasteiger partial charge in [0.05, 0.1) is 7.11 Å². The summed E-state index contributed by atoms with van der Waals surface area (Å²) in [5.41, 5.74) is 2.94. The SMILES string of the molecule is CCCCCCC(C)(C)c1cc(C=CC(=O)NCCc2ccc(O)c(O)c2)ccc1OC. The minimum Gasteiger partial charge on any atom is -0.504 e. The summed E-state index contributed by atoms with van der Waals surface area (Å²) in [6.07, 6.45) is 9.92. The van der Waals surface area contributed by atoms with Crippen molar-refractivity contribution in [3.63, 3.8) is 0 Å². The van der Waals surface area contributed by atoms with Crippen molar-refractivity contribution < 1.29 is 19.7 Å². The molecule has 0 atom stereocenters. The molecule has 5 heteroatoms. The maximum absolute atomic E-state index is 12.2. The minimum absolute atomic E-state index is 0.0130. The molecule has 1 amide bonds. The van der Waals surface area contributed by atoms with Crippen LogP contribution in [0.15, 0.2) is 42.5 Å². The maximum atomic E-state index is 12.2. The number of carbonyl (C=O) groups excluding carboxylic acids is 1. The third-order valence-electron chi connectivity index (χ3n) is 5.79. The molecule has 0 unspecified atom stereocenters. The van der Waals surface area contributed by atoms with Crippen molar-refractivity contribution >= 4 is 12.0 Å². The normalized spacial score (nSPS) is 11.6. The second-order valence-corrected chi connectivity index (χ2v) is 8.85. The number of amides is 1. The van der Waals surface area contributed by atoms with Crippen LogP contribution in [0, 0.1) is 0 Å². The topological polar surface area (TPSA) is 78.8 Å². The van der Waals surface area contributed by atoms with Crippen molar-refractivity contribution in [3.05, 3.63) is 59.2 Å². The highest BCUT2D eigenvalue weighted by molar-refractivity contribution is 5.91. The van der Waals surface area contributed by atoms with Crippen LogP contribution in [0.4, 0.5) is 0 Å². The average molecular weight is 440 g/mol. The van der Waals surface area contributed by atoms with E-state index in [0.717, 1.165) is 28.9 Å². The van der Waals surface area contributed by atoms with E-state index >= 15 is 0 Å². The van der Waals surface area contributed by atoms with Crippen LogP contribution in [0.1, 0.15) is 69.6 Å². The van der Waals surface area contributed by atoms with Crippen LogP contribution in [0.2, 0.25) is 0 Å². The quantitative estimate of drug-likeness (QED) is 0.224. The molecule has 2 aromatic carbocycles. The number of benzene rings is 2. The van der Waals surface area contributed by atoms with Crippen LogP contribution in [-0.4, -0.2) is 29.8 Å². The molecule has 0 heterocycles. The molecule has 0 aliphatic rings. The first-order valence-corrected chi connectivity index (χ1v) is 11.4. The number of nitrogens with one attached hydrogen (secondary N) is 1. The second-order valence-electron chi connectivity index (χ2n) is 8.85. The lowest BCUT2D eigenvalue weighted by Crippen LogP contribution is -2.23. The smallest absolute Gasteiger partial charge is 0.244 e. The van der Waals surface area contributed by atoms with Gasteiger partial charge in [-0.05, 0) is 59.7 Å². The van der Waals surface area contributed by atoms with Gasteiger partial charge in [0.25, 0.3) is 0 Å². The molecular weight excluding hydrogens is 402 g/mol. The molecule has 174 valence electrons. The summed E-state index contributed by atoms with van der Waals surface area (Å²) in [5.74, 6) is 0.398. The predicted molar refractivity (Wildman–Crippen MR) is 130 cm³/mol. The highest BCUT2D eigenvalue weighted by Crippen LogP contribution is 2.36. The highest BCUT2D eigenvalue weighted by atomic mass is 16.5. The van der Waals surface area contributed by atoms with Crippen molar-refractivity contribution in [3.8, 4) is 17.2 Å². The minimum atomic E-state index is -0.177. The Labute approximate surface area is 192 Å². The fraction of sp³-hybridized carbons (Fsp3) is 0.444. The lowest BCUT2D eigenvalue weighted by atomic mass is 9.79. The molecule has 0 saturated heterocycles. The van der Waals surface area contributed by atoms with E-state index in [9.17, 15) is 15.0 Å². The predicted octanol–water partition coefficient (Wildman–Crippen LogP) is 5.73. The van der Waals surface area contributed by atoms with E-state index in [4.69, 9.17) is 4.74 Å². The molecule has 5 nitrogen and oxygen atoms in total. The van der Waals surface area contributed by atoms with Crippen LogP contribution < -0.4 is 10.1 Å². The Morgan fingerprint density at radius 1 is 1.06 bits per heavy atom. The zero-order chi connectivity index (χ0) is 23.6. The van der Waals surface area contributed by atoms with E-state index in [0.29, 0.717) is 13.0 Å². The van der Waals surface area contributed by atoms with Gasteiger partial charge in [0.1, 0.15) is 5.75 Å². The molecule has 0 fully saturated rings. The summed E-state index contributed by atoms with van der Waals surface area (Å²) < 4.78 is 5.61. The Balaban J connectivity index is 1.97. The summed E-state index contributed by atoms with van der Waals surface area (Å²) in [5, 5.41) is 21.8. The van der Waals surface area contributed by atoms with E-state index in [2.05, 4.69) is 32.2 Å². The number of phenolic OH excluding ortho intramolecular Hbond substituents is 2. The molecule has 3 N–H and O–H groups in total. The molecule has 0 aliphatic heterocycles. The molecule has 32 heavy (non-hydrogen) atoms. The van der Waals surface area contributed by atoms with Gasteiger partial charge in [-0.3, -0.25) is 4.79 Å². The monoisotopic (exact) mass is 439 g/mol. The Morgan fingerprint density at radius 2 is 1.84 bits per heavy atom. The van der Waals surface area contributed by atoms with Gasteiger partial charge in [-0.1, -0.05) is 58.6 Å². The number of unbranched alkanes of at least 4 members (excludes halogenated alkanes) is 3. The van der Waals surface area contributed by atoms with Crippen molar-refractivity contribution in [2.75, 3.05) is 13.7 Å². The molecule has 0 aliphatic carbocycles. The van der Waals surface area contributed by atoms with Crippen LogP contribution in [0.25, 0.3) is 6.08 Å². The molecular formula is C27H37NO4. The molecule has 0 radical (unpaired) electrons. The van der Waals surface area contributed by atoms with Crippen molar-refractivity contribution in [2.24, 2.45) is 0 Å². The van der Waals surface area contributed by atoms with Crippen LogP contribution >= 0.6 is 0 Å². The third kappa shape index (κ3) is 7.63. The molecule has 0 saturated carbocycles. The number of ether oxygens (including phenoxy) is 1. The first kappa shape index (κ1) is 25.3. The zero-order valence-corrected chi connectivity index (χ0v) is 19.8. The Morgan fingerprint density at radius 3 is 2.53 bits per heavy atom. The van der Waals surface area contributed by atoms with Gasteiger partial charge in [-0.2, -0.15) is 0 Å². The Kier molecular flexibility index (Phi) is 9.63. The number of carbonyl (C=O) groups is 1. The average Bonchev–Trinajstić information content (AvgIpc) is 2.77. The van der Waals surface area contributed by atoms with Gasteiger partial charge in [0.15, 0.2) is 11.5 Å². The van der Waals surface area contributed by atoms with Gasteiger partial charge in [-0.25, -0.2) is 0 Å². The molecule has 2 aromatic rings. The number of hydrogen-bond donors (Lipinski definition) is 3. The maximum Gasteiger partial charge on any atom is 0.244 e. The standard InChI is InChI=1S/C27H37NO4/c1-5-6-7-8-16-27(2,3)22-18-20(10-13-25(22)32-4)11-14-26(31)28-17-15-21-9-12-23(29)24(30)19-21/h9-14,18-19,29-30H,5-8,15-17H2,1-4H3,(H,28,31). The number of aromatic hydroxyl groups is 2. The molecule has 2 rings (SSSR count). The first-order valence-electron chi connectivity index (χ1n) is 11.4. The summed E-state index contributed by atoms with van der Waals surface area (Å²) in [4.78, 5) is 12.2. The largest absolute Gasteiger partial charge is 0.504 e. The second kappa shape index (κ2) is 12.2. The molecule has 0 bridgehead atoms. The lowest BCUT2D eigenvalue weighted by molar-refractivity contribution is -0.116. The number of methoxy groups -OCH3 is 1. The fourth-order valence-electron chi connectivity index (χ4n) is 3.77. The Hall–Kier alpha value is -2.95. The number of phenols is 2. The Bertz CT molecular complexity index is 918. The summed E-state index contributed by atoms with van der Waals surface area (Å²) in [6.45, 7) is 7.15. The van der Waals surface area contributed by atoms with E-state index in [-0.39, 0.29) is 22.8 Å². The highest BCUT2D eigenvalue weighted by Gasteiger charge is 2.24. The van der Waals surface area contributed by atoms with E-state index in [1.54, 1.807) is 13.2 Å². The van der Waals surface area contributed by atoms with Crippen molar-refractivity contribution in [1.29, 1.82) is 0 Å². The van der Waals surface area contributed by atoms with Crippen molar-refractivity contribution in [1.82, 2.24) is 5.32 Å². The van der Waals surface area contributed by atoms with Gasteiger partial charge in [0, 0.05) is 18.2 Å². The van der Waals surface area contributed by atoms with E-state index in [1.165, 1.54) is 43.9 Å². The third-order valence-corrected chi connectivity index (χ3v) is 5.79. The van der Waals surface area contributed by atoms with Gasteiger partial charge in [-0.15, -0.1) is 0 Å². The van der Waals surface area contributed by atoms with E-state index in [1.807, 2.05) is 18.2 Å². The van der Waals surface area contributed by atoms with Gasteiger partial charge >= 0.3 is 0 Å². The number of hydrogen-bond acceptors (Lipinski definition) is 4. The summed E-state index contributed by atoms with van der Waals surface area (Å²) >= 11 is 0. The lowest BCUT2D eigenvalue weighted by Gasteiger charge is -2.27. The van der Waals surface area contributed by atoms with Gasteiger partial charge in [0.2, 0.25) is 5.91 Å². The van der Waals surface area contributed by atoms with Crippen LogP contribution in [0.5, 0.6) is 17.2 Å². The fourth-order valence-corrected chi connectivity index (χ4v) is 3.77. The molecule has 0 aromatic heterocycles.